The van der Waals surface area contributed by atoms with Gasteiger partial charge in [-0.2, -0.15) is 0 Å². The molecule has 5 nitrogen and oxygen atoms in total. The molecule has 0 saturated carbocycles. The third-order valence-corrected chi connectivity index (χ3v) is 5.13. The lowest BCUT2D eigenvalue weighted by molar-refractivity contribution is -0.140. The van der Waals surface area contributed by atoms with E-state index in [1.165, 1.54) is 32.4 Å². The van der Waals surface area contributed by atoms with Crippen molar-refractivity contribution in [3.63, 3.8) is 0 Å². The van der Waals surface area contributed by atoms with E-state index in [9.17, 15) is 4.79 Å². The molecule has 1 unspecified atom stereocenters. The Morgan fingerprint density at radius 3 is 2.57 bits per heavy atom. The van der Waals surface area contributed by atoms with Gasteiger partial charge in [0, 0.05) is 19.1 Å². The van der Waals surface area contributed by atoms with Gasteiger partial charge in [0.05, 0.1) is 6.10 Å². The largest absolute Gasteiger partial charge is 0.368 e. The van der Waals surface area contributed by atoms with Gasteiger partial charge < -0.3 is 15.0 Å². The van der Waals surface area contributed by atoms with E-state index in [0.29, 0.717) is 6.04 Å². The zero-order chi connectivity index (χ0) is 14.5. The summed E-state index contributed by atoms with van der Waals surface area (Å²) in [5, 5.41) is 3.32. The van der Waals surface area contributed by atoms with Gasteiger partial charge in [0.15, 0.2) is 0 Å². The van der Waals surface area contributed by atoms with Crippen LogP contribution in [0.3, 0.4) is 0 Å². The minimum Gasteiger partial charge on any atom is -0.368 e. The molecule has 120 valence electrons. The van der Waals surface area contributed by atoms with Crippen molar-refractivity contribution in [2.24, 2.45) is 0 Å². The molecule has 0 aromatic heterocycles. The van der Waals surface area contributed by atoms with E-state index in [4.69, 9.17) is 4.74 Å². The third-order valence-electron chi connectivity index (χ3n) is 5.13. The van der Waals surface area contributed by atoms with Crippen molar-refractivity contribution in [1.29, 1.82) is 0 Å². The van der Waals surface area contributed by atoms with Crippen LogP contribution in [0.15, 0.2) is 0 Å². The lowest BCUT2D eigenvalue weighted by Gasteiger charge is -2.37. The van der Waals surface area contributed by atoms with Crippen molar-refractivity contribution in [1.82, 2.24) is 15.1 Å². The summed E-state index contributed by atoms with van der Waals surface area (Å²) in [6.07, 6.45) is 7.37. The molecule has 0 aromatic rings. The number of ether oxygens (including phenoxy) is 1. The summed E-state index contributed by atoms with van der Waals surface area (Å²) in [7, 11) is 0. The molecule has 0 bridgehead atoms. The van der Waals surface area contributed by atoms with Crippen molar-refractivity contribution in [3.05, 3.63) is 0 Å². The second-order valence-corrected chi connectivity index (χ2v) is 6.64. The SMILES string of the molecule is O=C(COC1CCNCC1)N1CCCC(N2CCCC2)C1. The number of amides is 1. The Bertz CT molecular complexity index is 338. The lowest BCUT2D eigenvalue weighted by atomic mass is 10.0. The molecule has 3 saturated heterocycles. The van der Waals surface area contributed by atoms with Crippen LogP contribution in [0, 0.1) is 0 Å². The van der Waals surface area contributed by atoms with E-state index < -0.39 is 0 Å². The van der Waals surface area contributed by atoms with E-state index in [0.717, 1.165) is 45.4 Å². The first-order valence-corrected chi connectivity index (χ1v) is 8.67. The first-order valence-electron chi connectivity index (χ1n) is 8.67. The van der Waals surface area contributed by atoms with Crippen LogP contribution in [-0.4, -0.2) is 73.7 Å². The molecule has 3 aliphatic heterocycles. The normalized spacial score (nSPS) is 29.0. The van der Waals surface area contributed by atoms with Crippen LogP contribution in [0.1, 0.15) is 38.5 Å². The molecule has 21 heavy (non-hydrogen) atoms. The van der Waals surface area contributed by atoms with E-state index in [1.54, 1.807) is 0 Å². The Balaban J connectivity index is 1.42. The molecule has 3 aliphatic rings. The first kappa shape index (κ1) is 15.3. The third kappa shape index (κ3) is 4.18. The molecule has 0 aliphatic carbocycles. The minimum atomic E-state index is 0.192. The average molecular weight is 295 g/mol. The number of hydrogen-bond acceptors (Lipinski definition) is 4. The van der Waals surface area contributed by atoms with Crippen LogP contribution >= 0.6 is 0 Å². The Morgan fingerprint density at radius 2 is 1.81 bits per heavy atom. The minimum absolute atomic E-state index is 0.192. The summed E-state index contributed by atoms with van der Waals surface area (Å²) >= 11 is 0. The maximum Gasteiger partial charge on any atom is 0.248 e. The Labute approximate surface area is 128 Å². The second kappa shape index (κ2) is 7.56. The highest BCUT2D eigenvalue weighted by atomic mass is 16.5. The maximum atomic E-state index is 12.4. The number of carbonyl (C=O) groups excluding carboxylic acids is 1. The van der Waals surface area contributed by atoms with Crippen LogP contribution in [0.5, 0.6) is 0 Å². The van der Waals surface area contributed by atoms with Gasteiger partial charge in [-0.25, -0.2) is 0 Å². The lowest BCUT2D eigenvalue weighted by Crippen LogP contribution is -2.50. The van der Waals surface area contributed by atoms with E-state index >= 15 is 0 Å². The van der Waals surface area contributed by atoms with Gasteiger partial charge in [-0.15, -0.1) is 0 Å². The van der Waals surface area contributed by atoms with Gasteiger partial charge in [-0.1, -0.05) is 0 Å². The van der Waals surface area contributed by atoms with E-state index in [-0.39, 0.29) is 18.6 Å². The number of carbonyl (C=O) groups is 1. The maximum absolute atomic E-state index is 12.4. The quantitative estimate of drug-likeness (QED) is 0.835. The molecular formula is C16H29N3O2. The second-order valence-electron chi connectivity index (χ2n) is 6.64. The molecule has 3 heterocycles. The zero-order valence-electron chi connectivity index (χ0n) is 13.1. The summed E-state index contributed by atoms with van der Waals surface area (Å²) in [5.74, 6) is 0.192. The van der Waals surface area contributed by atoms with Crippen molar-refractivity contribution >= 4 is 5.91 Å². The van der Waals surface area contributed by atoms with Crippen LogP contribution in [0.4, 0.5) is 0 Å². The van der Waals surface area contributed by atoms with Gasteiger partial charge >= 0.3 is 0 Å². The van der Waals surface area contributed by atoms with Crippen molar-refractivity contribution < 1.29 is 9.53 Å². The van der Waals surface area contributed by atoms with Crippen LogP contribution in [0.25, 0.3) is 0 Å². The highest BCUT2D eigenvalue weighted by molar-refractivity contribution is 5.77. The fourth-order valence-corrected chi connectivity index (χ4v) is 3.83. The molecule has 3 rings (SSSR count). The fraction of sp³-hybridized carbons (Fsp3) is 0.938. The smallest absolute Gasteiger partial charge is 0.248 e. The topological polar surface area (TPSA) is 44.8 Å². The van der Waals surface area contributed by atoms with Crippen LogP contribution in [0.2, 0.25) is 0 Å². The number of nitrogens with one attached hydrogen (secondary N) is 1. The van der Waals surface area contributed by atoms with Crippen molar-refractivity contribution in [2.75, 3.05) is 45.9 Å². The predicted octanol–water partition coefficient (Wildman–Crippen LogP) is 0.842. The number of piperidine rings is 2. The molecular weight excluding hydrogens is 266 g/mol. The van der Waals surface area contributed by atoms with Gasteiger partial charge in [-0.3, -0.25) is 9.69 Å². The highest BCUT2D eigenvalue weighted by Crippen LogP contribution is 2.20. The molecule has 0 spiro atoms. The molecule has 0 radical (unpaired) electrons. The highest BCUT2D eigenvalue weighted by Gasteiger charge is 2.29. The van der Waals surface area contributed by atoms with Gasteiger partial charge in [0.2, 0.25) is 5.91 Å². The van der Waals surface area contributed by atoms with E-state index in [1.807, 2.05) is 4.90 Å². The Hall–Kier alpha value is -0.650. The monoisotopic (exact) mass is 295 g/mol. The number of hydrogen-bond donors (Lipinski definition) is 1. The summed E-state index contributed by atoms with van der Waals surface area (Å²) in [4.78, 5) is 17.0. The molecule has 0 aromatic carbocycles. The summed E-state index contributed by atoms with van der Waals surface area (Å²) in [6.45, 7) is 6.57. The van der Waals surface area contributed by atoms with Gasteiger partial charge in [0.25, 0.3) is 0 Å². The molecule has 5 heteroatoms. The van der Waals surface area contributed by atoms with Crippen molar-refractivity contribution in [3.8, 4) is 0 Å². The summed E-state index contributed by atoms with van der Waals surface area (Å²) in [5.41, 5.74) is 0. The Kier molecular flexibility index (Phi) is 5.49. The summed E-state index contributed by atoms with van der Waals surface area (Å²) in [6, 6.07) is 0.587. The standard InChI is InChI=1S/C16H29N3O2/c20-16(13-21-15-5-7-17-8-6-15)19-11-3-4-14(12-19)18-9-1-2-10-18/h14-15,17H,1-13H2. The zero-order valence-corrected chi connectivity index (χ0v) is 13.1. The van der Waals surface area contributed by atoms with Crippen LogP contribution < -0.4 is 5.32 Å². The number of likely N-dealkylation sites (tertiary alicyclic amines) is 2. The van der Waals surface area contributed by atoms with Crippen molar-refractivity contribution in [2.45, 2.75) is 50.7 Å². The first-order chi connectivity index (χ1) is 10.3. The molecule has 1 N–H and O–H groups in total. The van der Waals surface area contributed by atoms with Gasteiger partial charge in [-0.05, 0) is 64.7 Å². The molecule has 1 amide bonds. The fourth-order valence-electron chi connectivity index (χ4n) is 3.83. The molecule has 3 fully saturated rings. The predicted molar refractivity (Wildman–Crippen MR) is 82.3 cm³/mol. The summed E-state index contributed by atoms with van der Waals surface area (Å²) < 4.78 is 5.81. The Morgan fingerprint density at radius 1 is 1.05 bits per heavy atom. The number of rotatable bonds is 4. The number of nitrogens with zero attached hydrogens (tertiary/aromatic N) is 2. The van der Waals surface area contributed by atoms with Gasteiger partial charge in [0.1, 0.15) is 6.61 Å². The average Bonchev–Trinajstić information content (AvgIpc) is 3.08. The van der Waals surface area contributed by atoms with E-state index in [2.05, 4.69) is 10.2 Å². The molecule has 1 atom stereocenters. The van der Waals surface area contributed by atoms with Crippen LogP contribution in [-0.2, 0) is 9.53 Å².